The van der Waals surface area contributed by atoms with Crippen molar-refractivity contribution in [1.82, 2.24) is 4.98 Å². The minimum atomic E-state index is -0.219. The van der Waals surface area contributed by atoms with Gasteiger partial charge in [0.05, 0.1) is 13.2 Å². The van der Waals surface area contributed by atoms with Gasteiger partial charge >= 0.3 is 0 Å². The second-order valence-electron chi connectivity index (χ2n) is 3.27. The number of aromatic nitrogens is 1. The van der Waals surface area contributed by atoms with Crippen LogP contribution in [0.4, 0.5) is 0 Å². The molecule has 3 heteroatoms. The highest BCUT2D eigenvalue weighted by Gasteiger charge is 2.03. The second kappa shape index (κ2) is 5.60. The van der Waals surface area contributed by atoms with Crippen LogP contribution in [0.1, 0.15) is 25.5 Å². The van der Waals surface area contributed by atoms with E-state index in [1.54, 1.807) is 7.11 Å². The SMILES string of the molecule is CCC(O)CCc1cccc(OC)n1. The van der Waals surface area contributed by atoms with E-state index in [2.05, 4.69) is 4.98 Å². The first-order chi connectivity index (χ1) is 6.76. The molecule has 0 aliphatic carbocycles. The maximum absolute atomic E-state index is 9.39. The Morgan fingerprint density at radius 2 is 2.29 bits per heavy atom. The van der Waals surface area contributed by atoms with Gasteiger partial charge < -0.3 is 9.84 Å². The van der Waals surface area contributed by atoms with E-state index in [0.717, 1.165) is 25.0 Å². The van der Waals surface area contributed by atoms with E-state index >= 15 is 0 Å². The molecule has 0 bridgehead atoms. The number of nitrogens with zero attached hydrogens (tertiary/aromatic N) is 1. The lowest BCUT2D eigenvalue weighted by molar-refractivity contribution is 0.160. The van der Waals surface area contributed by atoms with E-state index in [0.29, 0.717) is 5.88 Å². The first-order valence-corrected chi connectivity index (χ1v) is 4.94. The van der Waals surface area contributed by atoms with Crippen LogP contribution in [0.5, 0.6) is 5.88 Å². The Bertz CT molecular complexity index is 276. The Balaban J connectivity index is 2.50. The quantitative estimate of drug-likeness (QED) is 0.779. The summed E-state index contributed by atoms with van der Waals surface area (Å²) in [5.41, 5.74) is 0.969. The summed E-state index contributed by atoms with van der Waals surface area (Å²) in [4.78, 5) is 4.26. The molecule has 0 amide bonds. The van der Waals surface area contributed by atoms with Gasteiger partial charge in [-0.25, -0.2) is 4.98 Å². The topological polar surface area (TPSA) is 42.4 Å². The second-order valence-corrected chi connectivity index (χ2v) is 3.27. The number of ether oxygens (including phenoxy) is 1. The molecule has 1 unspecified atom stereocenters. The number of aliphatic hydroxyl groups is 1. The molecule has 0 aromatic carbocycles. The highest BCUT2D eigenvalue weighted by Crippen LogP contribution is 2.09. The number of hydrogen-bond acceptors (Lipinski definition) is 3. The fraction of sp³-hybridized carbons (Fsp3) is 0.545. The van der Waals surface area contributed by atoms with Gasteiger partial charge in [-0.3, -0.25) is 0 Å². The average Bonchev–Trinajstić information content (AvgIpc) is 2.26. The Hall–Kier alpha value is -1.09. The summed E-state index contributed by atoms with van der Waals surface area (Å²) in [6, 6.07) is 5.68. The van der Waals surface area contributed by atoms with Crippen molar-refractivity contribution in [3.8, 4) is 5.88 Å². The maximum atomic E-state index is 9.39. The van der Waals surface area contributed by atoms with Crippen molar-refractivity contribution in [3.05, 3.63) is 23.9 Å². The monoisotopic (exact) mass is 195 g/mol. The largest absolute Gasteiger partial charge is 0.481 e. The van der Waals surface area contributed by atoms with E-state index in [1.807, 2.05) is 25.1 Å². The molecule has 14 heavy (non-hydrogen) atoms. The van der Waals surface area contributed by atoms with Gasteiger partial charge in [-0.05, 0) is 25.3 Å². The fourth-order valence-electron chi connectivity index (χ4n) is 1.23. The first-order valence-electron chi connectivity index (χ1n) is 4.94. The van der Waals surface area contributed by atoms with Gasteiger partial charge in [-0.1, -0.05) is 13.0 Å². The van der Waals surface area contributed by atoms with Gasteiger partial charge in [0.1, 0.15) is 0 Å². The molecule has 78 valence electrons. The van der Waals surface area contributed by atoms with E-state index in [1.165, 1.54) is 0 Å². The van der Waals surface area contributed by atoms with Crippen LogP contribution in [0, 0.1) is 0 Å². The summed E-state index contributed by atoms with van der Waals surface area (Å²) in [6.45, 7) is 1.98. The first kappa shape index (κ1) is 11.0. The Kier molecular flexibility index (Phi) is 4.40. The Morgan fingerprint density at radius 3 is 2.93 bits per heavy atom. The summed E-state index contributed by atoms with van der Waals surface area (Å²) in [5.74, 6) is 0.633. The molecule has 1 rings (SSSR count). The van der Waals surface area contributed by atoms with Gasteiger partial charge in [0, 0.05) is 11.8 Å². The highest BCUT2D eigenvalue weighted by atomic mass is 16.5. The van der Waals surface area contributed by atoms with Crippen molar-refractivity contribution in [2.45, 2.75) is 32.3 Å². The number of aliphatic hydroxyl groups excluding tert-OH is 1. The van der Waals surface area contributed by atoms with Crippen molar-refractivity contribution < 1.29 is 9.84 Å². The van der Waals surface area contributed by atoms with E-state index < -0.39 is 0 Å². The number of methoxy groups -OCH3 is 1. The lowest BCUT2D eigenvalue weighted by atomic mass is 10.1. The highest BCUT2D eigenvalue weighted by molar-refractivity contribution is 5.15. The molecule has 1 heterocycles. The molecular weight excluding hydrogens is 178 g/mol. The molecule has 0 spiro atoms. The molecule has 0 saturated heterocycles. The molecule has 1 aromatic heterocycles. The van der Waals surface area contributed by atoms with Crippen molar-refractivity contribution in [3.63, 3.8) is 0 Å². The van der Waals surface area contributed by atoms with Gasteiger partial charge in [0.15, 0.2) is 0 Å². The Morgan fingerprint density at radius 1 is 1.50 bits per heavy atom. The van der Waals surface area contributed by atoms with Crippen molar-refractivity contribution in [2.24, 2.45) is 0 Å². The van der Waals surface area contributed by atoms with E-state index in [-0.39, 0.29) is 6.10 Å². The van der Waals surface area contributed by atoms with Crippen molar-refractivity contribution in [1.29, 1.82) is 0 Å². The van der Waals surface area contributed by atoms with Crippen molar-refractivity contribution >= 4 is 0 Å². The van der Waals surface area contributed by atoms with Gasteiger partial charge in [-0.15, -0.1) is 0 Å². The number of aryl methyl sites for hydroxylation is 1. The molecule has 0 aliphatic rings. The third-order valence-electron chi connectivity index (χ3n) is 2.20. The summed E-state index contributed by atoms with van der Waals surface area (Å²) in [6.07, 6.45) is 2.13. The zero-order valence-corrected chi connectivity index (χ0v) is 8.73. The number of rotatable bonds is 5. The van der Waals surface area contributed by atoms with Gasteiger partial charge in [0.25, 0.3) is 0 Å². The van der Waals surface area contributed by atoms with E-state index in [9.17, 15) is 5.11 Å². The summed E-state index contributed by atoms with van der Waals surface area (Å²) >= 11 is 0. The smallest absolute Gasteiger partial charge is 0.213 e. The number of hydrogen-bond donors (Lipinski definition) is 1. The lowest BCUT2D eigenvalue weighted by Crippen LogP contribution is -2.06. The zero-order chi connectivity index (χ0) is 10.4. The van der Waals surface area contributed by atoms with Crippen LogP contribution in [0.2, 0.25) is 0 Å². The summed E-state index contributed by atoms with van der Waals surface area (Å²) in [7, 11) is 1.60. The average molecular weight is 195 g/mol. The van der Waals surface area contributed by atoms with Crippen molar-refractivity contribution in [2.75, 3.05) is 7.11 Å². The normalized spacial score (nSPS) is 12.5. The minimum absolute atomic E-state index is 0.219. The van der Waals surface area contributed by atoms with Crippen LogP contribution in [-0.2, 0) is 6.42 Å². The zero-order valence-electron chi connectivity index (χ0n) is 8.73. The Labute approximate surface area is 84.7 Å². The van der Waals surface area contributed by atoms with Crippen LogP contribution in [0.3, 0.4) is 0 Å². The predicted molar refractivity (Wildman–Crippen MR) is 55.4 cm³/mol. The molecule has 0 aliphatic heterocycles. The van der Waals surface area contributed by atoms with Crippen LogP contribution < -0.4 is 4.74 Å². The minimum Gasteiger partial charge on any atom is -0.481 e. The third kappa shape index (κ3) is 3.34. The number of pyridine rings is 1. The standard InChI is InChI=1S/C11H17NO2/c1-3-10(13)8-7-9-5-4-6-11(12-9)14-2/h4-6,10,13H,3,7-8H2,1-2H3. The van der Waals surface area contributed by atoms with Crippen LogP contribution in [0.25, 0.3) is 0 Å². The van der Waals surface area contributed by atoms with Crippen LogP contribution in [-0.4, -0.2) is 23.3 Å². The van der Waals surface area contributed by atoms with Crippen LogP contribution >= 0.6 is 0 Å². The van der Waals surface area contributed by atoms with Crippen LogP contribution in [0.15, 0.2) is 18.2 Å². The molecule has 0 fully saturated rings. The van der Waals surface area contributed by atoms with E-state index in [4.69, 9.17) is 4.74 Å². The molecule has 3 nitrogen and oxygen atoms in total. The predicted octanol–water partition coefficient (Wildman–Crippen LogP) is 1.79. The summed E-state index contributed by atoms with van der Waals surface area (Å²) < 4.78 is 5.01. The third-order valence-corrected chi connectivity index (χ3v) is 2.20. The molecule has 1 N–H and O–H groups in total. The molecule has 0 radical (unpaired) electrons. The fourth-order valence-corrected chi connectivity index (χ4v) is 1.23. The van der Waals surface area contributed by atoms with Gasteiger partial charge in [-0.2, -0.15) is 0 Å². The summed E-state index contributed by atoms with van der Waals surface area (Å²) in [5, 5.41) is 9.39. The van der Waals surface area contributed by atoms with Gasteiger partial charge in [0.2, 0.25) is 5.88 Å². The maximum Gasteiger partial charge on any atom is 0.213 e. The molecular formula is C11H17NO2. The molecule has 1 aromatic rings. The lowest BCUT2D eigenvalue weighted by Gasteiger charge is -2.07. The molecule has 1 atom stereocenters. The molecule has 0 saturated carbocycles.